The Hall–Kier alpha value is -1.66. The minimum absolute atomic E-state index is 0.0389. The second kappa shape index (κ2) is 6.82. The number of nitro benzene ring substituents is 1. The summed E-state index contributed by atoms with van der Waals surface area (Å²) in [4.78, 5) is 12.2. The summed E-state index contributed by atoms with van der Waals surface area (Å²) in [6.45, 7) is 1.23. The van der Waals surface area contributed by atoms with E-state index in [4.69, 9.17) is 9.84 Å². The van der Waals surface area contributed by atoms with Gasteiger partial charge in [0.15, 0.2) is 0 Å². The molecule has 0 heterocycles. The maximum Gasteiger partial charge on any atom is 0.292 e. The molecule has 17 heavy (non-hydrogen) atoms. The lowest BCUT2D eigenvalue weighted by Gasteiger charge is -2.23. The molecule has 0 atom stereocenters. The van der Waals surface area contributed by atoms with Gasteiger partial charge in [-0.3, -0.25) is 10.1 Å². The maximum absolute atomic E-state index is 10.9. The fraction of sp³-hybridized carbons (Fsp3) is 0.455. The molecule has 6 heteroatoms. The molecule has 0 aliphatic rings. The molecule has 1 aromatic rings. The highest BCUT2D eigenvalue weighted by Crippen LogP contribution is 2.27. The maximum atomic E-state index is 10.9. The Morgan fingerprint density at radius 3 is 2.71 bits per heavy atom. The van der Waals surface area contributed by atoms with Crippen LogP contribution in [0.1, 0.15) is 0 Å². The second-order valence-corrected chi connectivity index (χ2v) is 3.45. The van der Waals surface area contributed by atoms with Crippen LogP contribution in [0.5, 0.6) is 0 Å². The van der Waals surface area contributed by atoms with Crippen molar-refractivity contribution in [2.75, 3.05) is 38.3 Å². The van der Waals surface area contributed by atoms with Crippen LogP contribution < -0.4 is 4.90 Å². The lowest BCUT2D eigenvalue weighted by atomic mass is 10.2. The van der Waals surface area contributed by atoms with Crippen molar-refractivity contribution in [2.24, 2.45) is 0 Å². The molecule has 6 nitrogen and oxygen atoms in total. The molecule has 0 radical (unpaired) electrons. The van der Waals surface area contributed by atoms with E-state index in [2.05, 4.69) is 0 Å². The number of aliphatic hydroxyl groups excluding tert-OH is 1. The first-order valence-electron chi connectivity index (χ1n) is 5.29. The highest BCUT2D eigenvalue weighted by atomic mass is 16.6. The number of ether oxygens (including phenoxy) is 1. The van der Waals surface area contributed by atoms with Crippen molar-refractivity contribution in [2.45, 2.75) is 0 Å². The van der Waals surface area contributed by atoms with Gasteiger partial charge in [0.2, 0.25) is 0 Å². The molecule has 1 rings (SSSR count). The minimum Gasteiger partial charge on any atom is -0.395 e. The van der Waals surface area contributed by atoms with Crippen molar-refractivity contribution in [3.8, 4) is 0 Å². The largest absolute Gasteiger partial charge is 0.395 e. The molecule has 0 aliphatic heterocycles. The van der Waals surface area contributed by atoms with E-state index in [-0.39, 0.29) is 12.3 Å². The van der Waals surface area contributed by atoms with Crippen molar-refractivity contribution in [3.63, 3.8) is 0 Å². The summed E-state index contributed by atoms with van der Waals surface area (Å²) in [5.74, 6) is 0. The van der Waals surface area contributed by atoms with Gasteiger partial charge in [-0.1, -0.05) is 12.1 Å². The van der Waals surface area contributed by atoms with E-state index in [1.807, 2.05) is 0 Å². The van der Waals surface area contributed by atoms with Gasteiger partial charge in [-0.2, -0.15) is 0 Å². The number of nitrogens with zero attached hydrogens (tertiary/aromatic N) is 2. The summed E-state index contributed by atoms with van der Waals surface area (Å²) in [6, 6.07) is 6.48. The predicted molar refractivity (Wildman–Crippen MR) is 64.3 cm³/mol. The fourth-order valence-electron chi connectivity index (χ4n) is 1.56. The summed E-state index contributed by atoms with van der Waals surface area (Å²) < 4.78 is 4.95. The zero-order chi connectivity index (χ0) is 12.7. The zero-order valence-corrected chi connectivity index (χ0v) is 9.70. The molecular formula is C11H16N2O4. The Morgan fingerprint density at radius 1 is 1.41 bits per heavy atom. The lowest BCUT2D eigenvalue weighted by molar-refractivity contribution is -0.384. The molecule has 0 saturated carbocycles. The topological polar surface area (TPSA) is 75.8 Å². The number of methoxy groups -OCH3 is 1. The molecule has 0 aliphatic carbocycles. The Bertz CT molecular complexity index is 370. The predicted octanol–water partition coefficient (Wildman–Crippen LogP) is 1.04. The van der Waals surface area contributed by atoms with Crippen LogP contribution in [0.15, 0.2) is 24.3 Å². The third kappa shape index (κ3) is 3.69. The molecule has 0 amide bonds. The van der Waals surface area contributed by atoms with Gasteiger partial charge in [0, 0.05) is 26.3 Å². The first kappa shape index (κ1) is 13.4. The van der Waals surface area contributed by atoms with Crippen molar-refractivity contribution >= 4 is 11.4 Å². The van der Waals surface area contributed by atoms with Gasteiger partial charge in [-0.25, -0.2) is 0 Å². The monoisotopic (exact) mass is 240 g/mol. The number of para-hydroxylation sites is 2. The van der Waals surface area contributed by atoms with E-state index in [1.165, 1.54) is 6.07 Å². The third-order valence-corrected chi connectivity index (χ3v) is 2.35. The van der Waals surface area contributed by atoms with E-state index in [1.54, 1.807) is 30.2 Å². The zero-order valence-electron chi connectivity index (χ0n) is 9.70. The summed E-state index contributed by atoms with van der Waals surface area (Å²) in [6.07, 6.45) is 0. The van der Waals surface area contributed by atoms with Gasteiger partial charge in [-0.05, 0) is 6.07 Å². The van der Waals surface area contributed by atoms with Crippen LogP contribution in [0.3, 0.4) is 0 Å². The van der Waals surface area contributed by atoms with E-state index in [9.17, 15) is 10.1 Å². The number of hydrogen-bond donors (Lipinski definition) is 1. The van der Waals surface area contributed by atoms with Crippen LogP contribution in [0.4, 0.5) is 11.4 Å². The van der Waals surface area contributed by atoms with Gasteiger partial charge in [0.05, 0.1) is 18.1 Å². The summed E-state index contributed by atoms with van der Waals surface area (Å²) in [5.41, 5.74) is 0.542. The normalized spacial score (nSPS) is 10.2. The Balaban J connectivity index is 2.95. The lowest BCUT2D eigenvalue weighted by Crippen LogP contribution is -2.30. The van der Waals surface area contributed by atoms with E-state index in [0.29, 0.717) is 25.4 Å². The molecule has 1 N–H and O–H groups in total. The number of hydrogen-bond acceptors (Lipinski definition) is 5. The molecule has 0 fully saturated rings. The van der Waals surface area contributed by atoms with Crippen molar-refractivity contribution < 1.29 is 14.8 Å². The number of anilines is 1. The number of aliphatic hydroxyl groups is 1. The Kier molecular flexibility index (Phi) is 5.38. The van der Waals surface area contributed by atoms with Crippen molar-refractivity contribution in [1.29, 1.82) is 0 Å². The SMILES string of the molecule is COCCN(CCO)c1ccccc1[N+](=O)[O-]. The molecular weight excluding hydrogens is 224 g/mol. The van der Waals surface area contributed by atoms with E-state index >= 15 is 0 Å². The first-order valence-corrected chi connectivity index (χ1v) is 5.29. The highest BCUT2D eigenvalue weighted by Gasteiger charge is 2.17. The average Bonchev–Trinajstić information content (AvgIpc) is 2.34. The number of rotatable bonds is 7. The molecule has 94 valence electrons. The van der Waals surface area contributed by atoms with Crippen LogP contribution in [-0.4, -0.2) is 43.4 Å². The van der Waals surface area contributed by atoms with Gasteiger partial charge in [0.25, 0.3) is 5.69 Å². The smallest absolute Gasteiger partial charge is 0.292 e. The molecule has 0 saturated heterocycles. The van der Waals surface area contributed by atoms with Crippen LogP contribution in [0.25, 0.3) is 0 Å². The van der Waals surface area contributed by atoms with Crippen LogP contribution in [-0.2, 0) is 4.74 Å². The quantitative estimate of drug-likeness (QED) is 0.569. The van der Waals surface area contributed by atoms with E-state index in [0.717, 1.165) is 0 Å². The minimum atomic E-state index is -0.424. The van der Waals surface area contributed by atoms with Crippen LogP contribution >= 0.6 is 0 Å². The number of nitro groups is 1. The summed E-state index contributed by atoms with van der Waals surface area (Å²) in [5, 5.41) is 19.9. The molecule has 0 spiro atoms. The van der Waals surface area contributed by atoms with Gasteiger partial charge in [-0.15, -0.1) is 0 Å². The van der Waals surface area contributed by atoms with Gasteiger partial charge >= 0.3 is 0 Å². The third-order valence-electron chi connectivity index (χ3n) is 2.35. The fourth-order valence-corrected chi connectivity index (χ4v) is 1.56. The number of benzene rings is 1. The van der Waals surface area contributed by atoms with Crippen molar-refractivity contribution in [1.82, 2.24) is 0 Å². The Morgan fingerprint density at radius 2 is 2.12 bits per heavy atom. The molecule has 1 aromatic carbocycles. The van der Waals surface area contributed by atoms with Gasteiger partial charge < -0.3 is 14.7 Å². The highest BCUT2D eigenvalue weighted by molar-refractivity contribution is 5.63. The first-order chi connectivity index (χ1) is 8.20. The summed E-state index contributed by atoms with van der Waals surface area (Å²) >= 11 is 0. The molecule has 0 aromatic heterocycles. The summed E-state index contributed by atoms with van der Waals surface area (Å²) in [7, 11) is 1.57. The van der Waals surface area contributed by atoms with Gasteiger partial charge in [0.1, 0.15) is 5.69 Å². The van der Waals surface area contributed by atoms with Crippen molar-refractivity contribution in [3.05, 3.63) is 34.4 Å². The van der Waals surface area contributed by atoms with Crippen LogP contribution in [0, 0.1) is 10.1 Å². The molecule has 0 bridgehead atoms. The standard InChI is InChI=1S/C11H16N2O4/c1-17-9-7-12(6-8-14)10-4-2-3-5-11(10)13(15)16/h2-5,14H,6-9H2,1H3. The second-order valence-electron chi connectivity index (χ2n) is 3.45. The Labute approximate surface area is 99.6 Å². The van der Waals surface area contributed by atoms with E-state index < -0.39 is 4.92 Å². The average molecular weight is 240 g/mol. The molecule has 0 unspecified atom stereocenters. The van der Waals surface area contributed by atoms with Crippen LogP contribution in [0.2, 0.25) is 0 Å².